The number of carbonyl (C=O) groups excluding carboxylic acids is 1. The topological polar surface area (TPSA) is 102 Å². The quantitative estimate of drug-likeness (QED) is 0.431. The molecule has 9 heteroatoms. The van der Waals surface area contributed by atoms with Crippen molar-refractivity contribution in [3.05, 3.63) is 59.7 Å². The number of fused-ring (bicyclic) bond motifs is 1. The molecule has 0 spiro atoms. The lowest BCUT2D eigenvalue weighted by atomic mass is 9.92. The number of H-pyrrole nitrogens is 1. The van der Waals surface area contributed by atoms with Gasteiger partial charge in [-0.25, -0.2) is 9.37 Å². The number of aromatic nitrogens is 4. The number of nitrogens with one attached hydrogen (secondary N) is 2. The van der Waals surface area contributed by atoms with E-state index in [4.69, 9.17) is 9.47 Å². The van der Waals surface area contributed by atoms with Crippen LogP contribution in [0.1, 0.15) is 32.0 Å². The molecule has 8 nitrogen and oxygen atoms in total. The van der Waals surface area contributed by atoms with Crippen molar-refractivity contribution in [3.63, 3.8) is 0 Å². The summed E-state index contributed by atoms with van der Waals surface area (Å²) in [5, 5.41) is 9.74. The summed E-state index contributed by atoms with van der Waals surface area (Å²) in [6.07, 6.45) is 1.46. The number of benzene rings is 2. The SMILES string of the molecule is COc1cc2ncc(-c3ccc(CC(=O)Nc4cc(C(C)(C)C)n[nH]4)c(F)c3)nc2cc1OC. The number of aromatic amines is 1. The van der Waals surface area contributed by atoms with Gasteiger partial charge in [0.2, 0.25) is 5.91 Å². The maximum Gasteiger partial charge on any atom is 0.230 e. The molecule has 0 atom stereocenters. The van der Waals surface area contributed by atoms with Crippen LogP contribution in [-0.2, 0) is 16.6 Å². The van der Waals surface area contributed by atoms with E-state index in [1.807, 2.05) is 20.8 Å². The average Bonchev–Trinajstić information content (AvgIpc) is 3.28. The van der Waals surface area contributed by atoms with E-state index >= 15 is 0 Å². The van der Waals surface area contributed by atoms with Gasteiger partial charge in [-0.2, -0.15) is 5.10 Å². The number of amides is 1. The van der Waals surface area contributed by atoms with Crippen LogP contribution in [0.15, 0.2) is 42.6 Å². The van der Waals surface area contributed by atoms with E-state index in [2.05, 4.69) is 25.5 Å². The van der Waals surface area contributed by atoms with E-state index in [0.29, 0.717) is 39.6 Å². The number of anilines is 1. The minimum Gasteiger partial charge on any atom is -0.493 e. The largest absolute Gasteiger partial charge is 0.493 e. The Morgan fingerprint density at radius 1 is 1.06 bits per heavy atom. The van der Waals surface area contributed by atoms with E-state index in [9.17, 15) is 9.18 Å². The van der Waals surface area contributed by atoms with Gasteiger partial charge in [-0.05, 0) is 11.6 Å². The molecule has 0 fully saturated rings. The number of carbonyl (C=O) groups is 1. The number of ether oxygens (including phenoxy) is 2. The van der Waals surface area contributed by atoms with Crippen LogP contribution >= 0.6 is 0 Å². The second-order valence-corrected chi connectivity index (χ2v) is 8.90. The van der Waals surface area contributed by atoms with Crippen LogP contribution in [0.4, 0.5) is 10.2 Å². The molecule has 0 saturated heterocycles. The van der Waals surface area contributed by atoms with Crippen LogP contribution in [0.3, 0.4) is 0 Å². The van der Waals surface area contributed by atoms with E-state index < -0.39 is 5.82 Å². The Kier molecular flexibility index (Phi) is 6.19. The number of hydrogen-bond donors (Lipinski definition) is 2. The van der Waals surface area contributed by atoms with Crippen LogP contribution in [0.25, 0.3) is 22.3 Å². The number of methoxy groups -OCH3 is 2. The van der Waals surface area contributed by atoms with Crippen LogP contribution in [-0.4, -0.2) is 40.3 Å². The summed E-state index contributed by atoms with van der Waals surface area (Å²) >= 11 is 0. The predicted molar refractivity (Wildman–Crippen MR) is 128 cm³/mol. The molecule has 176 valence electrons. The van der Waals surface area contributed by atoms with Gasteiger partial charge in [0.1, 0.15) is 11.6 Å². The first-order valence-electron chi connectivity index (χ1n) is 10.7. The third-order valence-electron chi connectivity index (χ3n) is 5.37. The third-order valence-corrected chi connectivity index (χ3v) is 5.37. The van der Waals surface area contributed by atoms with Crippen LogP contribution < -0.4 is 14.8 Å². The second kappa shape index (κ2) is 9.09. The Bertz CT molecular complexity index is 1360. The molecule has 34 heavy (non-hydrogen) atoms. The van der Waals surface area contributed by atoms with Crippen molar-refractivity contribution in [1.82, 2.24) is 20.2 Å². The molecule has 0 unspecified atom stereocenters. The van der Waals surface area contributed by atoms with Gasteiger partial charge < -0.3 is 14.8 Å². The monoisotopic (exact) mass is 463 g/mol. The molecule has 0 aliphatic rings. The fourth-order valence-corrected chi connectivity index (χ4v) is 3.47. The Hall–Kier alpha value is -4.01. The van der Waals surface area contributed by atoms with Gasteiger partial charge >= 0.3 is 0 Å². The van der Waals surface area contributed by atoms with Gasteiger partial charge in [-0.3, -0.25) is 14.9 Å². The normalized spacial score (nSPS) is 11.5. The molecule has 0 aliphatic heterocycles. The smallest absolute Gasteiger partial charge is 0.230 e. The first kappa shape index (κ1) is 23.2. The lowest BCUT2D eigenvalue weighted by Gasteiger charge is -2.13. The summed E-state index contributed by atoms with van der Waals surface area (Å²) < 4.78 is 25.5. The van der Waals surface area contributed by atoms with Gasteiger partial charge in [0.25, 0.3) is 0 Å². The first-order valence-corrected chi connectivity index (χ1v) is 10.7. The molecular formula is C25H26FN5O3. The highest BCUT2D eigenvalue weighted by Crippen LogP contribution is 2.31. The molecule has 4 aromatic rings. The van der Waals surface area contributed by atoms with E-state index in [-0.39, 0.29) is 23.3 Å². The maximum atomic E-state index is 14.8. The highest BCUT2D eigenvalue weighted by Gasteiger charge is 2.18. The molecule has 0 saturated carbocycles. The molecule has 0 aliphatic carbocycles. The Balaban J connectivity index is 1.52. The van der Waals surface area contributed by atoms with E-state index in [1.165, 1.54) is 6.07 Å². The van der Waals surface area contributed by atoms with Crippen molar-refractivity contribution in [2.24, 2.45) is 0 Å². The van der Waals surface area contributed by atoms with Crippen LogP contribution in [0.5, 0.6) is 11.5 Å². The standard InChI is InChI=1S/C25H26FN5O3/c1-25(2,3)22-12-23(31-30-22)29-24(32)9-14-6-7-15(8-16(14)26)19-13-27-17-10-20(33-4)21(34-5)11-18(17)28-19/h6-8,10-13H,9H2,1-5H3,(H2,29,30,31,32). The Morgan fingerprint density at radius 3 is 2.38 bits per heavy atom. The molecule has 2 heterocycles. The fraction of sp³-hybridized carbons (Fsp3) is 0.280. The summed E-state index contributed by atoms with van der Waals surface area (Å²) in [6, 6.07) is 9.89. The van der Waals surface area contributed by atoms with Crippen molar-refractivity contribution in [2.75, 3.05) is 19.5 Å². The van der Waals surface area contributed by atoms with Crippen molar-refractivity contribution >= 4 is 22.8 Å². The number of hydrogen-bond acceptors (Lipinski definition) is 6. The van der Waals surface area contributed by atoms with Gasteiger partial charge in [-0.1, -0.05) is 32.9 Å². The molecule has 2 aromatic carbocycles. The lowest BCUT2D eigenvalue weighted by Crippen LogP contribution is -2.15. The van der Waals surface area contributed by atoms with Crippen molar-refractivity contribution < 1.29 is 18.7 Å². The highest BCUT2D eigenvalue weighted by molar-refractivity contribution is 5.91. The minimum atomic E-state index is -0.498. The predicted octanol–water partition coefficient (Wildman–Crippen LogP) is 4.65. The summed E-state index contributed by atoms with van der Waals surface area (Å²) in [5.74, 6) is 0.714. The van der Waals surface area contributed by atoms with E-state index in [1.54, 1.807) is 50.7 Å². The van der Waals surface area contributed by atoms with E-state index in [0.717, 1.165) is 5.69 Å². The van der Waals surface area contributed by atoms with Gasteiger partial charge in [0.05, 0.1) is 49.3 Å². The molecule has 2 aromatic heterocycles. The van der Waals surface area contributed by atoms with Gasteiger partial charge in [0, 0.05) is 29.2 Å². The van der Waals surface area contributed by atoms with Crippen molar-refractivity contribution in [1.29, 1.82) is 0 Å². The molecular weight excluding hydrogens is 437 g/mol. The third kappa shape index (κ3) is 4.83. The minimum absolute atomic E-state index is 0.115. The highest BCUT2D eigenvalue weighted by atomic mass is 19.1. The Labute approximate surface area is 196 Å². The fourth-order valence-electron chi connectivity index (χ4n) is 3.47. The molecule has 0 radical (unpaired) electrons. The second-order valence-electron chi connectivity index (χ2n) is 8.90. The molecule has 0 bridgehead atoms. The molecule has 1 amide bonds. The van der Waals surface area contributed by atoms with Crippen LogP contribution in [0.2, 0.25) is 0 Å². The molecule has 2 N–H and O–H groups in total. The van der Waals surface area contributed by atoms with Crippen molar-refractivity contribution in [2.45, 2.75) is 32.6 Å². The molecule has 4 rings (SSSR count). The number of halogens is 1. The Morgan fingerprint density at radius 2 is 1.76 bits per heavy atom. The maximum absolute atomic E-state index is 14.8. The summed E-state index contributed by atoms with van der Waals surface area (Å²) in [7, 11) is 3.09. The number of nitrogens with zero attached hydrogens (tertiary/aromatic N) is 3. The number of rotatable bonds is 6. The summed E-state index contributed by atoms with van der Waals surface area (Å²) in [6.45, 7) is 6.08. The van der Waals surface area contributed by atoms with Gasteiger partial charge in [-0.15, -0.1) is 0 Å². The summed E-state index contributed by atoms with van der Waals surface area (Å²) in [4.78, 5) is 21.4. The first-order chi connectivity index (χ1) is 16.2. The average molecular weight is 464 g/mol. The zero-order valence-corrected chi connectivity index (χ0v) is 19.7. The lowest BCUT2D eigenvalue weighted by molar-refractivity contribution is -0.115. The summed E-state index contributed by atoms with van der Waals surface area (Å²) in [5.41, 5.74) is 3.22. The zero-order chi connectivity index (χ0) is 24.5. The van der Waals surface area contributed by atoms with Crippen LogP contribution in [0, 0.1) is 5.82 Å². The van der Waals surface area contributed by atoms with Crippen molar-refractivity contribution in [3.8, 4) is 22.8 Å². The zero-order valence-electron chi connectivity index (χ0n) is 19.7. The van der Waals surface area contributed by atoms with Gasteiger partial charge in [0.15, 0.2) is 11.5 Å².